The molecule has 3 N–H and O–H groups in total. The highest BCUT2D eigenvalue weighted by molar-refractivity contribution is 7.14. The number of piperazine rings is 1. The van der Waals surface area contributed by atoms with Crippen LogP contribution in [0.2, 0.25) is 10.0 Å². The standard InChI is InChI=1S/C36H40Cl2N4O7S/c1-40-12-13-41(2)24(18-40)21-49-36(45)33(22-8-6-5-7-9-22)39-17-25-15-27(34(50-25)35(43)44)26(16-28-29(37)19-42(46)20-30(28)38)23-10-11-31(47-3)32(14-23)48-4/h5-11,14-15,19-20,24,26,33,39H,12-13,16-18,21H2,1-4H3,(H-,43,44,46)/p+1/t24-,26+,33?/m1/s1. The average molecular weight is 745 g/mol. The number of pyridine rings is 1. The minimum atomic E-state index is -1.10. The molecule has 50 heavy (non-hydrogen) atoms. The van der Waals surface area contributed by atoms with Crippen molar-refractivity contribution in [1.82, 2.24) is 15.1 Å². The molecule has 1 fully saturated rings. The number of ether oxygens (including phenoxy) is 3. The molecule has 3 heterocycles. The van der Waals surface area contributed by atoms with E-state index in [4.69, 9.17) is 37.4 Å². The van der Waals surface area contributed by atoms with Gasteiger partial charge in [-0.3, -0.25) is 15.4 Å². The van der Waals surface area contributed by atoms with Crippen molar-refractivity contribution in [3.63, 3.8) is 0 Å². The number of aromatic carboxylic acids is 1. The number of aromatic nitrogens is 1. The number of thiophene rings is 1. The average Bonchev–Trinajstić information content (AvgIpc) is 3.53. The predicted molar refractivity (Wildman–Crippen MR) is 191 cm³/mol. The molecule has 266 valence electrons. The molecule has 0 saturated carbocycles. The summed E-state index contributed by atoms with van der Waals surface area (Å²) in [6.07, 6.45) is 2.85. The number of nitrogens with one attached hydrogen (secondary N) is 1. The monoisotopic (exact) mass is 743 g/mol. The molecule has 0 aliphatic carbocycles. The van der Waals surface area contributed by atoms with E-state index >= 15 is 0 Å². The van der Waals surface area contributed by atoms with Crippen LogP contribution in [0.25, 0.3) is 0 Å². The van der Waals surface area contributed by atoms with Gasteiger partial charge >= 0.3 is 11.9 Å². The molecule has 0 bridgehead atoms. The first-order valence-electron chi connectivity index (χ1n) is 16.0. The summed E-state index contributed by atoms with van der Waals surface area (Å²) in [7, 11) is 7.15. The molecule has 0 radical (unpaired) electrons. The Balaban J connectivity index is 1.46. The fourth-order valence-electron chi connectivity index (χ4n) is 6.12. The molecule has 11 nitrogen and oxygen atoms in total. The maximum absolute atomic E-state index is 13.6. The molecule has 5 rings (SSSR count). The van der Waals surface area contributed by atoms with Crippen molar-refractivity contribution in [2.75, 3.05) is 54.6 Å². The molecule has 14 heteroatoms. The summed E-state index contributed by atoms with van der Waals surface area (Å²) < 4.78 is 17.7. The predicted octanol–water partition coefficient (Wildman–Crippen LogP) is 5.29. The van der Waals surface area contributed by atoms with E-state index in [1.807, 2.05) is 49.5 Å². The van der Waals surface area contributed by atoms with Crippen molar-refractivity contribution in [2.24, 2.45) is 0 Å². The summed E-state index contributed by atoms with van der Waals surface area (Å²) in [4.78, 5) is 31.6. The van der Waals surface area contributed by atoms with Crippen LogP contribution in [-0.4, -0.2) is 92.7 Å². The Kier molecular flexibility index (Phi) is 12.6. The number of carbonyl (C=O) groups is 2. The number of carboxylic acid groups (broad SMARTS) is 1. The summed E-state index contributed by atoms with van der Waals surface area (Å²) in [5.74, 6) is -1.07. The summed E-state index contributed by atoms with van der Waals surface area (Å²) in [6, 6.07) is 15.8. The zero-order chi connectivity index (χ0) is 35.9. The molecular formula is C36H41Cl2N4O7S+. The highest BCUT2D eigenvalue weighted by atomic mass is 35.5. The lowest BCUT2D eigenvalue weighted by molar-refractivity contribution is -0.904. The van der Waals surface area contributed by atoms with Gasteiger partial charge in [0.15, 0.2) is 11.5 Å². The molecule has 1 aliphatic rings. The van der Waals surface area contributed by atoms with Gasteiger partial charge in [0.25, 0.3) is 0 Å². The van der Waals surface area contributed by atoms with Gasteiger partial charge in [-0.05, 0) is 55.4 Å². The lowest BCUT2D eigenvalue weighted by atomic mass is 9.85. The summed E-state index contributed by atoms with van der Waals surface area (Å²) in [5, 5.41) is 24.2. The normalized spacial score (nSPS) is 16.5. The van der Waals surface area contributed by atoms with E-state index in [1.54, 1.807) is 12.1 Å². The number of esters is 1. The van der Waals surface area contributed by atoms with Gasteiger partial charge in [0.05, 0.1) is 20.3 Å². The molecule has 2 aromatic carbocycles. The maximum Gasteiger partial charge on any atom is 0.346 e. The Morgan fingerprint density at radius 2 is 1.70 bits per heavy atom. The highest BCUT2D eigenvalue weighted by Gasteiger charge is 2.30. The van der Waals surface area contributed by atoms with E-state index < -0.39 is 23.9 Å². The van der Waals surface area contributed by atoms with Crippen molar-refractivity contribution in [3.05, 3.63) is 109 Å². The molecule has 0 amide bonds. The minimum Gasteiger partial charge on any atom is -0.493 e. The Hall–Kier alpha value is -3.91. The topological polar surface area (TPSA) is 125 Å². The number of halogens is 2. The second-order valence-corrected chi connectivity index (χ2v) is 14.2. The van der Waals surface area contributed by atoms with Crippen molar-refractivity contribution < 1.29 is 38.8 Å². The van der Waals surface area contributed by atoms with Crippen molar-refractivity contribution in [3.8, 4) is 11.5 Å². The van der Waals surface area contributed by atoms with Gasteiger partial charge in [-0.2, -0.15) is 0 Å². The van der Waals surface area contributed by atoms with Crippen LogP contribution in [0.4, 0.5) is 0 Å². The number of hydrogen-bond acceptors (Lipinski definition) is 10. The Bertz CT molecular complexity index is 1790. The van der Waals surface area contributed by atoms with E-state index in [0.717, 1.165) is 46.8 Å². The molecule has 1 saturated heterocycles. The van der Waals surface area contributed by atoms with Crippen molar-refractivity contribution in [1.29, 1.82) is 0 Å². The van der Waals surface area contributed by atoms with Gasteiger partial charge in [0.1, 0.15) is 27.6 Å². The quantitative estimate of drug-likeness (QED) is 0.0892. The Morgan fingerprint density at radius 3 is 2.36 bits per heavy atom. The fraction of sp³-hybridized carbons (Fsp3) is 0.361. The Morgan fingerprint density at radius 1 is 1.00 bits per heavy atom. The van der Waals surface area contributed by atoms with Crippen LogP contribution in [0.15, 0.2) is 67.0 Å². The minimum absolute atomic E-state index is 0.0785. The zero-order valence-electron chi connectivity index (χ0n) is 28.3. The number of hydrogen-bond donors (Lipinski definition) is 3. The van der Waals surface area contributed by atoms with Crippen LogP contribution in [0.1, 0.15) is 48.8 Å². The van der Waals surface area contributed by atoms with Gasteiger partial charge in [-0.1, -0.05) is 59.6 Å². The number of methoxy groups -OCH3 is 2. The summed E-state index contributed by atoms with van der Waals surface area (Å²) in [5.41, 5.74) is 2.53. The van der Waals surface area contributed by atoms with Crippen LogP contribution in [0.5, 0.6) is 11.5 Å². The largest absolute Gasteiger partial charge is 0.493 e. The smallest absolute Gasteiger partial charge is 0.346 e. The molecule has 4 aromatic rings. The number of likely N-dealkylation sites (N-methyl/N-ethyl adjacent to an activating group) is 2. The number of benzene rings is 2. The first kappa shape index (κ1) is 37.3. The van der Waals surface area contributed by atoms with E-state index in [2.05, 4.69) is 22.2 Å². The molecule has 0 spiro atoms. The van der Waals surface area contributed by atoms with E-state index in [9.17, 15) is 19.9 Å². The van der Waals surface area contributed by atoms with E-state index in [1.165, 1.54) is 26.6 Å². The molecule has 2 aromatic heterocycles. The summed E-state index contributed by atoms with van der Waals surface area (Å²) >= 11 is 14.2. The number of carboxylic acids is 1. The van der Waals surface area contributed by atoms with E-state index in [0.29, 0.717) is 27.5 Å². The second-order valence-electron chi connectivity index (χ2n) is 12.2. The van der Waals surface area contributed by atoms with Gasteiger partial charge in [0.2, 0.25) is 12.4 Å². The van der Waals surface area contributed by atoms with Crippen LogP contribution >= 0.6 is 34.5 Å². The maximum atomic E-state index is 13.6. The third-order valence-electron chi connectivity index (χ3n) is 8.91. The van der Waals surface area contributed by atoms with Gasteiger partial charge in [-0.25, -0.2) is 9.59 Å². The third-order valence-corrected chi connectivity index (χ3v) is 10.7. The fourth-order valence-corrected chi connectivity index (χ4v) is 7.73. The molecule has 3 atom stereocenters. The summed E-state index contributed by atoms with van der Waals surface area (Å²) in [6.45, 7) is 3.09. The Labute approximate surface area is 305 Å². The molecule has 1 aliphatic heterocycles. The van der Waals surface area contributed by atoms with Crippen molar-refractivity contribution >= 4 is 46.5 Å². The van der Waals surface area contributed by atoms with Crippen LogP contribution < -0.4 is 19.5 Å². The number of carbonyl (C=O) groups excluding carboxylic acids is 1. The van der Waals surface area contributed by atoms with Gasteiger partial charge in [0, 0.05) is 47.3 Å². The molecule has 1 unspecified atom stereocenters. The van der Waals surface area contributed by atoms with Crippen LogP contribution in [0.3, 0.4) is 0 Å². The highest BCUT2D eigenvalue weighted by Crippen LogP contribution is 2.41. The lowest BCUT2D eigenvalue weighted by Crippen LogP contribution is -2.52. The lowest BCUT2D eigenvalue weighted by Gasteiger charge is -2.37. The van der Waals surface area contributed by atoms with E-state index in [-0.39, 0.29) is 40.5 Å². The number of rotatable bonds is 14. The second kappa shape index (κ2) is 16.9. The van der Waals surface area contributed by atoms with Gasteiger partial charge in [-0.15, -0.1) is 11.3 Å². The van der Waals surface area contributed by atoms with Crippen LogP contribution in [-0.2, 0) is 22.5 Å². The first-order chi connectivity index (χ1) is 24.0. The first-order valence-corrected chi connectivity index (χ1v) is 17.6. The zero-order valence-corrected chi connectivity index (χ0v) is 30.6. The molecular weight excluding hydrogens is 703 g/mol. The number of nitrogens with zero attached hydrogens (tertiary/aromatic N) is 3. The van der Waals surface area contributed by atoms with Gasteiger partial charge < -0.3 is 24.2 Å². The van der Waals surface area contributed by atoms with Crippen LogP contribution in [0, 0.1) is 0 Å². The van der Waals surface area contributed by atoms with Crippen molar-refractivity contribution in [2.45, 2.75) is 31.0 Å². The third kappa shape index (κ3) is 8.87. The SMILES string of the molecule is COc1ccc([C@H](Cc2c(Cl)c[n+](O)cc2Cl)c2cc(CNC(C(=O)OC[C@H]3CN(C)CCN3C)c3ccccc3)sc2C(=O)O)cc1OC.